The number of aliphatic imine (C=N–C) groups is 1. The molecule has 1 unspecified atom stereocenters. The number of anilines is 1. The van der Waals surface area contributed by atoms with Gasteiger partial charge in [-0.05, 0) is 44.0 Å². The van der Waals surface area contributed by atoms with Crippen LogP contribution in [0.25, 0.3) is 0 Å². The first kappa shape index (κ1) is 17.9. The van der Waals surface area contributed by atoms with Crippen molar-refractivity contribution in [3.8, 4) is 0 Å². The fourth-order valence-electron chi connectivity index (χ4n) is 3.03. The molecule has 2 aliphatic heterocycles. The van der Waals surface area contributed by atoms with E-state index in [2.05, 4.69) is 11.1 Å². The maximum atomic E-state index is 14.8. The number of hydrogen-bond donors (Lipinski definition) is 1. The summed E-state index contributed by atoms with van der Waals surface area (Å²) in [5, 5.41) is 2.13. The molecule has 2 aliphatic rings. The SMILES string of the molecule is CN(C)CCN1C(=O)CCc2cc(N=C(N)C3CC=CS3)cc(F)c21. The van der Waals surface area contributed by atoms with Crippen LogP contribution in [0.5, 0.6) is 0 Å². The van der Waals surface area contributed by atoms with Gasteiger partial charge in [0, 0.05) is 25.6 Å². The van der Waals surface area contributed by atoms with E-state index in [0.717, 1.165) is 12.0 Å². The third-order valence-electron chi connectivity index (χ3n) is 4.35. The molecular formula is C18H23FN4OS. The largest absolute Gasteiger partial charge is 0.386 e. The van der Waals surface area contributed by atoms with Crippen LogP contribution in [0, 0.1) is 5.82 Å². The highest BCUT2D eigenvalue weighted by Crippen LogP contribution is 2.35. The average molecular weight is 362 g/mol. The highest BCUT2D eigenvalue weighted by molar-refractivity contribution is 8.03. The van der Waals surface area contributed by atoms with Crippen LogP contribution in [-0.2, 0) is 11.2 Å². The third-order valence-corrected chi connectivity index (χ3v) is 5.47. The van der Waals surface area contributed by atoms with Crippen molar-refractivity contribution in [2.45, 2.75) is 24.5 Å². The zero-order valence-corrected chi connectivity index (χ0v) is 15.4. The summed E-state index contributed by atoms with van der Waals surface area (Å²) in [6, 6.07) is 3.23. The van der Waals surface area contributed by atoms with Gasteiger partial charge in [-0.15, -0.1) is 11.8 Å². The van der Waals surface area contributed by atoms with Gasteiger partial charge < -0.3 is 15.5 Å². The molecule has 0 saturated carbocycles. The number of thioether (sulfide) groups is 1. The van der Waals surface area contributed by atoms with E-state index < -0.39 is 5.82 Å². The Labute approximate surface area is 151 Å². The minimum absolute atomic E-state index is 0.0301. The molecule has 1 atom stereocenters. The molecule has 0 spiro atoms. The molecule has 0 fully saturated rings. The Balaban J connectivity index is 1.88. The molecule has 1 amide bonds. The Morgan fingerprint density at radius 1 is 1.44 bits per heavy atom. The van der Waals surface area contributed by atoms with Gasteiger partial charge in [-0.2, -0.15) is 0 Å². The van der Waals surface area contributed by atoms with E-state index >= 15 is 0 Å². The number of nitrogens with two attached hydrogens (primary N) is 1. The monoisotopic (exact) mass is 362 g/mol. The summed E-state index contributed by atoms with van der Waals surface area (Å²) in [5.41, 5.74) is 7.80. The van der Waals surface area contributed by atoms with Gasteiger partial charge in [-0.25, -0.2) is 9.38 Å². The number of hydrogen-bond acceptors (Lipinski definition) is 4. The Kier molecular flexibility index (Phi) is 5.44. The second kappa shape index (κ2) is 7.58. The molecule has 1 aromatic rings. The quantitative estimate of drug-likeness (QED) is 0.646. The average Bonchev–Trinajstić information content (AvgIpc) is 3.08. The fourth-order valence-corrected chi connectivity index (χ4v) is 3.86. The van der Waals surface area contributed by atoms with Crippen molar-refractivity contribution in [3.63, 3.8) is 0 Å². The highest BCUT2D eigenvalue weighted by Gasteiger charge is 2.28. The molecule has 5 nitrogen and oxygen atoms in total. The van der Waals surface area contributed by atoms with Gasteiger partial charge in [0.05, 0.1) is 16.6 Å². The Bertz CT molecular complexity index is 724. The van der Waals surface area contributed by atoms with E-state index in [4.69, 9.17) is 5.73 Å². The zero-order valence-electron chi connectivity index (χ0n) is 14.5. The van der Waals surface area contributed by atoms with E-state index in [9.17, 15) is 9.18 Å². The van der Waals surface area contributed by atoms with Gasteiger partial charge in [0.1, 0.15) is 11.7 Å². The summed E-state index contributed by atoms with van der Waals surface area (Å²) in [5.74, 6) is 0.0659. The maximum Gasteiger partial charge on any atom is 0.227 e. The maximum absolute atomic E-state index is 14.8. The summed E-state index contributed by atoms with van der Waals surface area (Å²) < 4.78 is 14.8. The molecule has 3 rings (SSSR count). The van der Waals surface area contributed by atoms with Gasteiger partial charge in [0.2, 0.25) is 5.91 Å². The molecule has 25 heavy (non-hydrogen) atoms. The van der Waals surface area contributed by atoms with Crippen molar-refractivity contribution < 1.29 is 9.18 Å². The molecule has 134 valence electrons. The first-order valence-electron chi connectivity index (χ1n) is 8.37. The second-order valence-electron chi connectivity index (χ2n) is 6.55. The number of amides is 1. The number of allylic oxidation sites excluding steroid dienone is 1. The lowest BCUT2D eigenvalue weighted by Crippen LogP contribution is -2.40. The number of carbonyl (C=O) groups is 1. The van der Waals surface area contributed by atoms with Crippen LogP contribution >= 0.6 is 11.8 Å². The van der Waals surface area contributed by atoms with E-state index in [1.54, 1.807) is 16.7 Å². The Hall–Kier alpha value is -1.86. The molecule has 1 aromatic carbocycles. The summed E-state index contributed by atoms with van der Waals surface area (Å²) in [6.07, 6.45) is 3.83. The van der Waals surface area contributed by atoms with Crippen molar-refractivity contribution in [2.75, 3.05) is 32.1 Å². The van der Waals surface area contributed by atoms with Gasteiger partial charge in [-0.3, -0.25) is 4.79 Å². The molecule has 0 aliphatic carbocycles. The van der Waals surface area contributed by atoms with Crippen LogP contribution in [0.1, 0.15) is 18.4 Å². The number of carbonyl (C=O) groups excluding carboxylic acids is 1. The lowest BCUT2D eigenvalue weighted by molar-refractivity contribution is -0.119. The fraction of sp³-hybridized carbons (Fsp3) is 0.444. The minimum Gasteiger partial charge on any atom is -0.386 e. The van der Waals surface area contributed by atoms with E-state index in [0.29, 0.717) is 43.1 Å². The summed E-state index contributed by atoms with van der Waals surface area (Å²) >= 11 is 1.63. The number of aryl methyl sites for hydroxylation is 1. The van der Waals surface area contributed by atoms with Gasteiger partial charge >= 0.3 is 0 Å². The first-order valence-corrected chi connectivity index (χ1v) is 9.32. The van der Waals surface area contributed by atoms with Crippen molar-refractivity contribution in [2.24, 2.45) is 10.7 Å². The summed E-state index contributed by atoms with van der Waals surface area (Å²) in [4.78, 5) is 20.2. The summed E-state index contributed by atoms with van der Waals surface area (Å²) in [7, 11) is 3.87. The summed E-state index contributed by atoms with van der Waals surface area (Å²) in [6.45, 7) is 1.16. The molecule has 2 heterocycles. The standard InChI is InChI=1S/C18H23FN4OS/c1-22(2)7-8-23-16(24)6-5-12-10-13(11-14(19)17(12)23)21-18(20)15-4-3-9-25-15/h3,9-11,15H,4-8H2,1-2H3,(H2,20,21). The van der Waals surface area contributed by atoms with Gasteiger partial charge in [-0.1, -0.05) is 6.08 Å². The normalized spacial score (nSPS) is 20.5. The molecule has 0 aromatic heterocycles. The van der Waals surface area contributed by atoms with E-state index in [-0.39, 0.29) is 11.2 Å². The number of likely N-dealkylation sites (N-methyl/N-ethyl adjacent to an activating group) is 1. The van der Waals surface area contributed by atoms with E-state index in [1.165, 1.54) is 6.07 Å². The molecule has 2 N–H and O–H groups in total. The van der Waals surface area contributed by atoms with Crippen molar-refractivity contribution in [1.29, 1.82) is 0 Å². The Morgan fingerprint density at radius 3 is 2.92 bits per heavy atom. The van der Waals surface area contributed by atoms with Crippen LogP contribution < -0.4 is 10.6 Å². The number of benzene rings is 1. The number of amidine groups is 1. The van der Waals surface area contributed by atoms with Crippen molar-refractivity contribution in [1.82, 2.24) is 4.90 Å². The van der Waals surface area contributed by atoms with Gasteiger partial charge in [0.15, 0.2) is 0 Å². The second-order valence-corrected chi connectivity index (χ2v) is 7.67. The highest BCUT2D eigenvalue weighted by atomic mass is 32.2. The molecule has 0 bridgehead atoms. The van der Waals surface area contributed by atoms with Crippen LogP contribution in [0.2, 0.25) is 0 Å². The Morgan fingerprint density at radius 2 is 2.24 bits per heavy atom. The minimum atomic E-state index is -0.409. The molecule has 0 saturated heterocycles. The predicted octanol–water partition coefficient (Wildman–Crippen LogP) is 2.67. The predicted molar refractivity (Wildman–Crippen MR) is 102 cm³/mol. The van der Waals surface area contributed by atoms with Crippen molar-refractivity contribution in [3.05, 3.63) is 35.0 Å². The van der Waals surface area contributed by atoms with Crippen LogP contribution in [0.15, 0.2) is 28.6 Å². The third kappa shape index (κ3) is 4.04. The first-order chi connectivity index (χ1) is 12.0. The number of nitrogens with zero attached hydrogens (tertiary/aromatic N) is 3. The zero-order chi connectivity index (χ0) is 18.0. The topological polar surface area (TPSA) is 61.9 Å². The van der Waals surface area contributed by atoms with Gasteiger partial charge in [0.25, 0.3) is 0 Å². The number of rotatable bonds is 5. The lowest BCUT2D eigenvalue weighted by Gasteiger charge is -2.31. The van der Waals surface area contributed by atoms with Crippen LogP contribution in [0.3, 0.4) is 0 Å². The smallest absolute Gasteiger partial charge is 0.227 e. The number of halogens is 1. The van der Waals surface area contributed by atoms with E-state index in [1.807, 2.05) is 30.5 Å². The molecule has 7 heteroatoms. The molecule has 0 radical (unpaired) electrons. The number of fused-ring (bicyclic) bond motifs is 1. The lowest BCUT2D eigenvalue weighted by atomic mass is 10.00. The van der Waals surface area contributed by atoms with Crippen LogP contribution in [0.4, 0.5) is 15.8 Å². The molecular weight excluding hydrogens is 339 g/mol. The van der Waals surface area contributed by atoms with Crippen LogP contribution in [-0.4, -0.2) is 49.1 Å². The van der Waals surface area contributed by atoms with Crippen molar-refractivity contribution >= 4 is 34.9 Å².